The lowest BCUT2D eigenvalue weighted by Crippen LogP contribution is -2.41. The molecular weight excluding hydrogens is 276 g/mol. The van der Waals surface area contributed by atoms with E-state index < -0.39 is 6.10 Å². The number of thiophene rings is 1. The Morgan fingerprint density at radius 1 is 1.40 bits per heavy atom. The highest BCUT2D eigenvalue weighted by Crippen LogP contribution is 2.20. The Kier molecular flexibility index (Phi) is 6.16. The average Bonchev–Trinajstić information content (AvgIpc) is 2.85. The molecule has 1 atom stereocenters. The molecule has 1 heterocycles. The quantitative estimate of drug-likeness (QED) is 0.712. The summed E-state index contributed by atoms with van der Waals surface area (Å²) in [6.45, 7) is 6.10. The molecule has 6 heteroatoms. The highest BCUT2D eigenvalue weighted by Gasteiger charge is 2.21. The van der Waals surface area contributed by atoms with Crippen LogP contribution in [0.3, 0.4) is 0 Å². The Labute approximate surface area is 123 Å². The van der Waals surface area contributed by atoms with Crippen LogP contribution < -0.4 is 10.6 Å². The number of amides is 2. The van der Waals surface area contributed by atoms with E-state index in [9.17, 15) is 14.7 Å². The molecule has 3 N–H and O–H groups in total. The van der Waals surface area contributed by atoms with Gasteiger partial charge in [-0.2, -0.15) is 0 Å². The van der Waals surface area contributed by atoms with Gasteiger partial charge in [-0.05, 0) is 30.2 Å². The Hall–Kier alpha value is -1.40. The summed E-state index contributed by atoms with van der Waals surface area (Å²) in [6, 6.07) is 3.50. The first-order valence-electron chi connectivity index (χ1n) is 6.56. The van der Waals surface area contributed by atoms with Gasteiger partial charge in [-0.1, -0.05) is 19.9 Å². The normalized spacial score (nSPS) is 12.8. The van der Waals surface area contributed by atoms with Crippen molar-refractivity contribution in [3.05, 3.63) is 22.4 Å². The maximum absolute atomic E-state index is 11.7. The number of hydrogen-bond acceptors (Lipinski definition) is 4. The van der Waals surface area contributed by atoms with Crippen molar-refractivity contribution in [3.8, 4) is 0 Å². The number of carbonyl (C=O) groups excluding carboxylic acids is 2. The molecule has 1 aromatic heterocycles. The lowest BCUT2D eigenvalue weighted by molar-refractivity contribution is -0.120. The largest absolute Gasteiger partial charge is 0.393 e. The van der Waals surface area contributed by atoms with Crippen LogP contribution in [-0.2, 0) is 4.79 Å². The molecule has 0 aliphatic heterocycles. The van der Waals surface area contributed by atoms with E-state index >= 15 is 0 Å². The molecule has 0 bridgehead atoms. The summed E-state index contributed by atoms with van der Waals surface area (Å²) in [6.07, 6.45) is 0.204. The molecular formula is C14H22N2O3S. The van der Waals surface area contributed by atoms with E-state index in [4.69, 9.17) is 0 Å². The van der Waals surface area contributed by atoms with Crippen LogP contribution in [0.1, 0.15) is 36.9 Å². The van der Waals surface area contributed by atoms with E-state index in [0.717, 1.165) is 0 Å². The predicted octanol–water partition coefficient (Wildman–Crippen LogP) is 1.39. The van der Waals surface area contributed by atoms with Crippen LogP contribution >= 0.6 is 11.3 Å². The molecule has 1 rings (SSSR count). The first-order valence-corrected chi connectivity index (χ1v) is 7.44. The topological polar surface area (TPSA) is 78.4 Å². The fourth-order valence-corrected chi connectivity index (χ4v) is 2.57. The fraction of sp³-hybridized carbons (Fsp3) is 0.571. The summed E-state index contributed by atoms with van der Waals surface area (Å²) in [5, 5.41) is 16.5. The molecule has 0 aliphatic rings. The minimum Gasteiger partial charge on any atom is -0.393 e. The van der Waals surface area contributed by atoms with Crippen LogP contribution in [0.15, 0.2) is 17.5 Å². The van der Waals surface area contributed by atoms with Crippen molar-refractivity contribution >= 4 is 23.2 Å². The van der Waals surface area contributed by atoms with Gasteiger partial charge in [0.15, 0.2) is 0 Å². The van der Waals surface area contributed by atoms with Crippen LogP contribution in [0.25, 0.3) is 0 Å². The maximum Gasteiger partial charge on any atom is 0.261 e. The second-order valence-electron chi connectivity index (χ2n) is 5.65. The molecule has 0 saturated carbocycles. The zero-order valence-corrected chi connectivity index (χ0v) is 12.9. The Morgan fingerprint density at radius 3 is 2.65 bits per heavy atom. The monoisotopic (exact) mass is 298 g/mol. The first kappa shape index (κ1) is 16.7. The summed E-state index contributed by atoms with van der Waals surface area (Å²) >= 11 is 1.34. The number of carbonyl (C=O) groups is 2. The van der Waals surface area contributed by atoms with Gasteiger partial charge in [0.05, 0.1) is 17.5 Å². The lowest BCUT2D eigenvalue weighted by Gasteiger charge is -2.26. The van der Waals surface area contributed by atoms with Gasteiger partial charge in [-0.15, -0.1) is 11.3 Å². The van der Waals surface area contributed by atoms with E-state index in [2.05, 4.69) is 10.6 Å². The zero-order valence-electron chi connectivity index (χ0n) is 12.1. The van der Waals surface area contributed by atoms with Gasteiger partial charge in [-0.3, -0.25) is 9.59 Å². The van der Waals surface area contributed by atoms with E-state index in [1.165, 1.54) is 11.3 Å². The van der Waals surface area contributed by atoms with Gasteiger partial charge < -0.3 is 15.7 Å². The Bertz CT molecular complexity index is 441. The van der Waals surface area contributed by atoms with Crippen molar-refractivity contribution in [2.24, 2.45) is 5.41 Å². The standard InChI is InChI=1S/C14H22N2O3S/c1-10(17)7-14(2,3)9-16-12(18)8-15-13(19)11-5-4-6-20-11/h4-6,10,17H,7-9H2,1-3H3,(H,15,19)(H,16,18). The molecule has 0 radical (unpaired) electrons. The molecule has 1 unspecified atom stereocenters. The van der Waals surface area contributed by atoms with Crippen LogP contribution in [0, 0.1) is 5.41 Å². The maximum atomic E-state index is 11.7. The van der Waals surface area contributed by atoms with Crippen LogP contribution in [0.4, 0.5) is 0 Å². The summed E-state index contributed by atoms with van der Waals surface area (Å²) < 4.78 is 0. The SMILES string of the molecule is CC(O)CC(C)(C)CNC(=O)CNC(=O)c1cccs1. The van der Waals surface area contributed by atoms with Gasteiger partial charge in [0.25, 0.3) is 5.91 Å². The van der Waals surface area contributed by atoms with Crippen molar-refractivity contribution in [2.45, 2.75) is 33.3 Å². The van der Waals surface area contributed by atoms with Gasteiger partial charge in [0.2, 0.25) is 5.91 Å². The average molecular weight is 298 g/mol. The summed E-state index contributed by atoms with van der Waals surface area (Å²) in [4.78, 5) is 23.9. The van der Waals surface area contributed by atoms with Crippen molar-refractivity contribution in [2.75, 3.05) is 13.1 Å². The van der Waals surface area contributed by atoms with Gasteiger partial charge in [0.1, 0.15) is 0 Å². The Morgan fingerprint density at radius 2 is 2.10 bits per heavy atom. The molecule has 0 aliphatic carbocycles. The second-order valence-corrected chi connectivity index (χ2v) is 6.60. The van der Waals surface area contributed by atoms with Crippen LogP contribution in [0.5, 0.6) is 0 Å². The Balaban J connectivity index is 2.29. The van der Waals surface area contributed by atoms with Crippen molar-refractivity contribution < 1.29 is 14.7 Å². The molecule has 0 aromatic carbocycles. The lowest BCUT2D eigenvalue weighted by atomic mass is 9.87. The fourth-order valence-electron chi connectivity index (χ4n) is 1.93. The number of nitrogens with one attached hydrogen (secondary N) is 2. The smallest absolute Gasteiger partial charge is 0.261 e. The molecule has 1 aromatic rings. The van der Waals surface area contributed by atoms with Crippen LogP contribution in [0.2, 0.25) is 0 Å². The molecule has 0 saturated heterocycles. The van der Waals surface area contributed by atoms with Gasteiger partial charge in [0, 0.05) is 6.54 Å². The van der Waals surface area contributed by atoms with E-state index in [1.54, 1.807) is 19.1 Å². The minimum absolute atomic E-state index is 0.0402. The molecule has 5 nitrogen and oxygen atoms in total. The number of hydrogen-bond donors (Lipinski definition) is 3. The van der Waals surface area contributed by atoms with Crippen molar-refractivity contribution in [1.29, 1.82) is 0 Å². The number of aliphatic hydroxyl groups is 1. The zero-order chi connectivity index (χ0) is 15.2. The summed E-state index contributed by atoms with van der Waals surface area (Å²) in [5.74, 6) is -0.466. The molecule has 0 fully saturated rings. The van der Waals surface area contributed by atoms with Crippen molar-refractivity contribution in [1.82, 2.24) is 10.6 Å². The third kappa shape index (κ3) is 6.16. The van der Waals surface area contributed by atoms with Gasteiger partial charge in [-0.25, -0.2) is 0 Å². The van der Waals surface area contributed by atoms with Gasteiger partial charge >= 0.3 is 0 Å². The predicted molar refractivity (Wildman–Crippen MR) is 79.7 cm³/mol. The third-order valence-electron chi connectivity index (χ3n) is 2.77. The van der Waals surface area contributed by atoms with Crippen molar-refractivity contribution in [3.63, 3.8) is 0 Å². The summed E-state index contributed by atoms with van der Waals surface area (Å²) in [7, 11) is 0. The highest BCUT2D eigenvalue weighted by atomic mass is 32.1. The molecule has 20 heavy (non-hydrogen) atoms. The van der Waals surface area contributed by atoms with E-state index in [-0.39, 0.29) is 23.8 Å². The second kappa shape index (κ2) is 7.40. The van der Waals surface area contributed by atoms with E-state index in [1.807, 2.05) is 19.2 Å². The number of rotatable bonds is 7. The third-order valence-corrected chi connectivity index (χ3v) is 3.64. The summed E-state index contributed by atoms with van der Waals surface area (Å²) in [5.41, 5.74) is -0.179. The number of aliphatic hydroxyl groups excluding tert-OH is 1. The molecule has 2 amide bonds. The molecule has 112 valence electrons. The molecule has 0 spiro atoms. The van der Waals surface area contributed by atoms with Crippen LogP contribution in [-0.4, -0.2) is 36.1 Å². The minimum atomic E-state index is -0.402. The first-order chi connectivity index (χ1) is 9.30. The highest BCUT2D eigenvalue weighted by molar-refractivity contribution is 7.12. The van der Waals surface area contributed by atoms with E-state index in [0.29, 0.717) is 17.8 Å².